The van der Waals surface area contributed by atoms with Crippen LogP contribution in [0, 0.1) is 34.0 Å². The molecule has 0 radical (unpaired) electrons. The summed E-state index contributed by atoms with van der Waals surface area (Å²) in [5, 5.41) is 16.1. The number of esters is 5. The average Bonchev–Trinajstić information content (AvgIpc) is 3.27. The summed E-state index contributed by atoms with van der Waals surface area (Å²) in [6.45, 7) is 29.6. The number of hydrogen-bond acceptors (Lipinski definition) is 12. The molecule has 3 atom stereocenters. The van der Waals surface area contributed by atoms with Gasteiger partial charge in [-0.25, -0.2) is 28.8 Å². The number of rotatable bonds is 16. The molecular formula is C58H92O13. The van der Waals surface area contributed by atoms with Crippen LogP contribution in [-0.2, 0) is 52.5 Å². The van der Waals surface area contributed by atoms with Gasteiger partial charge in [0.05, 0.1) is 21.3 Å². The number of hydrogen-bond donors (Lipinski definition) is 2. The third-order valence-corrected chi connectivity index (χ3v) is 14.5. The fraction of sp³-hybridized carbons (Fsp3) is 0.690. The van der Waals surface area contributed by atoms with Crippen molar-refractivity contribution >= 4 is 35.8 Å². The first-order valence-corrected chi connectivity index (χ1v) is 25.6. The number of cyclic esters (lactones) is 2. The molecule has 13 nitrogen and oxygen atoms in total. The summed E-state index contributed by atoms with van der Waals surface area (Å²) in [5.41, 5.74) is 9.49. The molecule has 0 aromatic rings. The highest BCUT2D eigenvalue weighted by Crippen LogP contribution is 2.45. The Labute approximate surface area is 427 Å². The predicted octanol–water partition coefficient (Wildman–Crippen LogP) is 12.6. The molecule has 3 aliphatic carbocycles. The predicted molar refractivity (Wildman–Crippen MR) is 279 cm³/mol. The minimum Gasteiger partial charge on any atom is -0.477 e. The normalized spacial score (nSPS) is 20.3. The standard InChI is InChI=1S/C20H30O4.C19H30O4.C18H28O4.CH4O/c1-13(9-10-16-14(2)8-7-11-19(16,3)4)12-15-17(21)23-20(5,6)24-18(15)22;1-13(12-15(17(20)22-5)18(21)23-6)9-10-16-14(2)8-7-11-19(16,3)4;1-12(11-14(16(19)20)17(21)22-5)8-9-15-13(2)7-6-10-18(15,3)4;1-2/h12-13H,7-11H2,1-6H3;12-13H,7-11H2,1-6H3;11-12H,6-10H2,1-5H3,(H,19,20);2H,1H3/b;;14-11-;. The minimum atomic E-state index is -1.23. The molecule has 0 aromatic heterocycles. The number of allylic oxidation sites excluding steroid dienone is 9. The van der Waals surface area contributed by atoms with E-state index in [1.165, 1.54) is 112 Å². The first-order valence-electron chi connectivity index (χ1n) is 25.6. The highest BCUT2D eigenvalue weighted by Gasteiger charge is 2.39. The van der Waals surface area contributed by atoms with Gasteiger partial charge < -0.3 is 33.9 Å². The third-order valence-electron chi connectivity index (χ3n) is 14.5. The van der Waals surface area contributed by atoms with E-state index < -0.39 is 41.6 Å². The van der Waals surface area contributed by atoms with Gasteiger partial charge in [-0.05, 0) is 151 Å². The Balaban J connectivity index is 0.000000523. The van der Waals surface area contributed by atoms with Crippen molar-refractivity contribution in [2.75, 3.05) is 28.4 Å². The van der Waals surface area contributed by atoms with Crippen molar-refractivity contribution in [2.24, 2.45) is 34.0 Å². The topological polar surface area (TPSA) is 189 Å². The lowest BCUT2D eigenvalue weighted by Gasteiger charge is -2.35. The highest BCUT2D eigenvalue weighted by atomic mass is 16.7. The van der Waals surface area contributed by atoms with E-state index in [4.69, 9.17) is 19.7 Å². The number of ether oxygens (including phenoxy) is 5. The number of aliphatic hydroxyl groups excluding tert-OH is 1. The van der Waals surface area contributed by atoms with E-state index in [1.54, 1.807) is 26.0 Å². The number of carboxylic acids is 1. The summed E-state index contributed by atoms with van der Waals surface area (Å²) in [6, 6.07) is 0. The Bertz CT molecular complexity index is 2030. The molecule has 1 heterocycles. The van der Waals surface area contributed by atoms with Gasteiger partial charge in [0.25, 0.3) is 5.79 Å². The van der Waals surface area contributed by atoms with Crippen LogP contribution in [0.2, 0.25) is 0 Å². The maximum atomic E-state index is 12.0. The van der Waals surface area contributed by atoms with E-state index in [-0.39, 0.29) is 50.7 Å². The molecule has 71 heavy (non-hydrogen) atoms. The molecule has 4 aliphatic rings. The second-order valence-corrected chi connectivity index (χ2v) is 22.2. The van der Waals surface area contributed by atoms with E-state index in [9.17, 15) is 28.8 Å². The molecule has 1 fully saturated rings. The van der Waals surface area contributed by atoms with Crippen molar-refractivity contribution in [3.05, 3.63) is 68.4 Å². The van der Waals surface area contributed by atoms with Gasteiger partial charge in [-0.2, -0.15) is 0 Å². The summed E-state index contributed by atoms with van der Waals surface area (Å²) in [6.07, 6.45) is 21.4. The van der Waals surface area contributed by atoms with Crippen molar-refractivity contribution in [3.8, 4) is 0 Å². The molecule has 0 bridgehead atoms. The van der Waals surface area contributed by atoms with Crippen LogP contribution in [-0.4, -0.2) is 80.3 Å². The monoisotopic (exact) mass is 997 g/mol. The van der Waals surface area contributed by atoms with Crippen LogP contribution in [0.4, 0.5) is 0 Å². The second-order valence-electron chi connectivity index (χ2n) is 22.2. The molecule has 1 aliphatic heterocycles. The van der Waals surface area contributed by atoms with Crippen LogP contribution >= 0.6 is 0 Å². The van der Waals surface area contributed by atoms with Gasteiger partial charge in [-0.15, -0.1) is 0 Å². The van der Waals surface area contributed by atoms with Crippen LogP contribution in [0.5, 0.6) is 0 Å². The van der Waals surface area contributed by atoms with Crippen LogP contribution in [0.1, 0.15) is 193 Å². The summed E-state index contributed by atoms with van der Waals surface area (Å²) >= 11 is 0. The minimum absolute atomic E-state index is 0.0169. The molecule has 3 unspecified atom stereocenters. The first kappa shape index (κ1) is 64.2. The van der Waals surface area contributed by atoms with E-state index >= 15 is 0 Å². The van der Waals surface area contributed by atoms with Crippen molar-refractivity contribution in [2.45, 2.75) is 199 Å². The molecule has 0 aromatic carbocycles. The first-order chi connectivity index (χ1) is 32.9. The van der Waals surface area contributed by atoms with Crippen LogP contribution < -0.4 is 0 Å². The molecule has 1 saturated heterocycles. The van der Waals surface area contributed by atoms with E-state index in [0.29, 0.717) is 0 Å². The zero-order valence-corrected chi connectivity index (χ0v) is 47.0. The Morgan fingerprint density at radius 2 is 0.845 bits per heavy atom. The number of aliphatic hydroxyl groups is 1. The Kier molecular flexibility index (Phi) is 26.3. The molecule has 0 amide bonds. The van der Waals surface area contributed by atoms with Crippen molar-refractivity contribution in [3.63, 3.8) is 0 Å². The van der Waals surface area contributed by atoms with Gasteiger partial charge in [0.1, 0.15) is 16.7 Å². The van der Waals surface area contributed by atoms with Crippen LogP contribution in [0.3, 0.4) is 0 Å². The van der Waals surface area contributed by atoms with Gasteiger partial charge in [-0.3, -0.25) is 0 Å². The van der Waals surface area contributed by atoms with Crippen molar-refractivity contribution in [1.82, 2.24) is 0 Å². The van der Waals surface area contributed by atoms with Gasteiger partial charge in [0.15, 0.2) is 0 Å². The van der Waals surface area contributed by atoms with Gasteiger partial charge in [-0.1, -0.05) is 114 Å². The quantitative estimate of drug-likeness (QED) is 0.0371. The Hall–Kier alpha value is -4.78. The van der Waals surface area contributed by atoms with Crippen LogP contribution in [0.15, 0.2) is 68.4 Å². The van der Waals surface area contributed by atoms with Crippen molar-refractivity contribution in [1.29, 1.82) is 0 Å². The lowest BCUT2D eigenvalue weighted by atomic mass is 9.71. The maximum Gasteiger partial charge on any atom is 0.348 e. The fourth-order valence-electron chi connectivity index (χ4n) is 10.5. The smallest absolute Gasteiger partial charge is 0.348 e. The molecule has 4 rings (SSSR count). The molecule has 2 N–H and O–H groups in total. The van der Waals surface area contributed by atoms with E-state index in [2.05, 4.69) is 76.5 Å². The highest BCUT2D eigenvalue weighted by molar-refractivity contribution is 6.15. The fourth-order valence-corrected chi connectivity index (χ4v) is 10.5. The zero-order chi connectivity index (χ0) is 54.7. The maximum absolute atomic E-state index is 12.0. The zero-order valence-electron chi connectivity index (χ0n) is 47.0. The number of carbonyl (C=O) groups excluding carboxylic acids is 5. The summed E-state index contributed by atoms with van der Waals surface area (Å²) in [7, 11) is 4.73. The summed E-state index contributed by atoms with van der Waals surface area (Å²) < 4.78 is 24.1. The van der Waals surface area contributed by atoms with Gasteiger partial charge in [0, 0.05) is 21.0 Å². The second kappa shape index (κ2) is 29.1. The van der Waals surface area contributed by atoms with Crippen molar-refractivity contribution < 1.29 is 62.7 Å². The third kappa shape index (κ3) is 20.3. The molecule has 13 heteroatoms. The molecule has 402 valence electrons. The average molecular weight is 997 g/mol. The lowest BCUT2D eigenvalue weighted by Crippen LogP contribution is -2.42. The number of carboxylic acid groups (broad SMARTS) is 1. The Morgan fingerprint density at radius 3 is 1.14 bits per heavy atom. The largest absolute Gasteiger partial charge is 0.477 e. The SMILES string of the molecule is CC1=C(CCC(C)C=C2C(=O)OC(C)(C)OC2=O)C(C)(C)CCC1.CO.COC(=O)/C(=C\C(C)CCC1=C(C)CCCC1(C)C)C(=O)O.COC(=O)C(=CC(C)CCC1=C(C)CCCC1(C)C)C(=O)OC. The van der Waals surface area contributed by atoms with Crippen LogP contribution in [0.25, 0.3) is 0 Å². The number of carbonyl (C=O) groups is 6. The number of aliphatic carboxylic acids is 1. The van der Waals surface area contributed by atoms with Gasteiger partial charge >= 0.3 is 35.8 Å². The lowest BCUT2D eigenvalue weighted by molar-refractivity contribution is -0.222. The summed E-state index contributed by atoms with van der Waals surface area (Å²) in [5.74, 6) is -5.42. The molecule has 0 saturated carbocycles. The molecule has 0 spiro atoms. The van der Waals surface area contributed by atoms with Gasteiger partial charge in [0.2, 0.25) is 0 Å². The van der Waals surface area contributed by atoms with E-state index in [0.717, 1.165) is 52.1 Å². The van der Waals surface area contributed by atoms with E-state index in [1.807, 2.05) is 20.8 Å². The molecular weight excluding hydrogens is 905 g/mol. The Morgan fingerprint density at radius 1 is 0.549 bits per heavy atom. The number of methoxy groups -OCH3 is 3. The summed E-state index contributed by atoms with van der Waals surface area (Å²) in [4.78, 5) is 70.0.